The molecule has 0 aliphatic rings. The van der Waals surface area contributed by atoms with E-state index in [4.69, 9.17) is 4.74 Å². The number of carbonyl (C=O) groups is 1. The Balaban J connectivity index is 1.54. The van der Waals surface area contributed by atoms with Gasteiger partial charge in [0.25, 0.3) is 15.9 Å². The Labute approximate surface area is 170 Å². The van der Waals surface area contributed by atoms with E-state index in [-0.39, 0.29) is 23.5 Å². The molecule has 1 atom stereocenters. The fourth-order valence-corrected chi connectivity index (χ4v) is 3.75. The van der Waals surface area contributed by atoms with Gasteiger partial charge in [0.05, 0.1) is 10.9 Å². The van der Waals surface area contributed by atoms with Gasteiger partial charge in [0.2, 0.25) is 0 Å². The first-order chi connectivity index (χ1) is 13.9. The Morgan fingerprint density at radius 3 is 2.10 bits per heavy atom. The van der Waals surface area contributed by atoms with Gasteiger partial charge in [-0.05, 0) is 48.9 Å². The molecule has 0 heterocycles. The Hall–Kier alpha value is -3.32. The van der Waals surface area contributed by atoms with Crippen molar-refractivity contribution in [1.82, 2.24) is 5.32 Å². The summed E-state index contributed by atoms with van der Waals surface area (Å²) in [5.41, 5.74) is 1.48. The van der Waals surface area contributed by atoms with Crippen LogP contribution in [-0.2, 0) is 14.8 Å². The summed E-state index contributed by atoms with van der Waals surface area (Å²) < 4.78 is 32.8. The molecule has 7 heteroatoms. The van der Waals surface area contributed by atoms with Crippen molar-refractivity contribution in [3.8, 4) is 5.75 Å². The highest BCUT2D eigenvalue weighted by Gasteiger charge is 2.14. The normalized spacial score (nSPS) is 12.0. The first-order valence-corrected chi connectivity index (χ1v) is 10.6. The lowest BCUT2D eigenvalue weighted by Gasteiger charge is -2.14. The van der Waals surface area contributed by atoms with Crippen molar-refractivity contribution >= 4 is 21.6 Å². The standard InChI is InChI=1S/C22H22N2O4S/c1-17(18-8-4-2-5-9-18)23-22(25)16-28-20-12-14-21(15-13-20)29(26,27)24-19-10-6-3-7-11-19/h2-15,17,24H,16H2,1H3,(H,23,25)/t17-/m1/s1. The Bertz CT molecular complexity index is 1040. The van der Waals surface area contributed by atoms with Crippen molar-refractivity contribution in [2.24, 2.45) is 0 Å². The van der Waals surface area contributed by atoms with Gasteiger partial charge in [0.15, 0.2) is 6.61 Å². The first-order valence-electron chi connectivity index (χ1n) is 9.09. The maximum Gasteiger partial charge on any atom is 0.261 e. The average molecular weight is 410 g/mol. The number of sulfonamides is 1. The smallest absolute Gasteiger partial charge is 0.261 e. The second-order valence-corrected chi connectivity index (χ2v) is 8.11. The number of benzene rings is 3. The topological polar surface area (TPSA) is 84.5 Å². The fraction of sp³-hybridized carbons (Fsp3) is 0.136. The summed E-state index contributed by atoms with van der Waals surface area (Å²) in [6, 6.07) is 24.0. The third-order valence-corrected chi connectivity index (χ3v) is 5.60. The van der Waals surface area contributed by atoms with Crippen LogP contribution in [0.2, 0.25) is 0 Å². The minimum Gasteiger partial charge on any atom is -0.484 e. The number of carbonyl (C=O) groups excluding carboxylic acids is 1. The molecule has 3 aromatic carbocycles. The maximum atomic E-state index is 12.4. The molecule has 0 fully saturated rings. The molecule has 1 amide bonds. The van der Waals surface area contributed by atoms with Crippen molar-refractivity contribution in [3.63, 3.8) is 0 Å². The first kappa shape index (κ1) is 20.4. The maximum absolute atomic E-state index is 12.4. The summed E-state index contributed by atoms with van der Waals surface area (Å²) in [6.07, 6.45) is 0. The number of ether oxygens (including phenoxy) is 1. The highest BCUT2D eigenvalue weighted by Crippen LogP contribution is 2.19. The van der Waals surface area contributed by atoms with Gasteiger partial charge in [0.1, 0.15) is 5.75 Å². The largest absolute Gasteiger partial charge is 0.484 e. The molecule has 2 N–H and O–H groups in total. The van der Waals surface area contributed by atoms with Crippen LogP contribution in [0.1, 0.15) is 18.5 Å². The Morgan fingerprint density at radius 1 is 0.897 bits per heavy atom. The van der Waals surface area contributed by atoms with Crippen LogP contribution in [-0.4, -0.2) is 20.9 Å². The van der Waals surface area contributed by atoms with Crippen LogP contribution >= 0.6 is 0 Å². The van der Waals surface area contributed by atoms with Gasteiger partial charge in [-0.2, -0.15) is 0 Å². The number of anilines is 1. The predicted octanol–water partition coefficient (Wildman–Crippen LogP) is 3.74. The number of hydrogen-bond donors (Lipinski definition) is 2. The van der Waals surface area contributed by atoms with E-state index in [9.17, 15) is 13.2 Å². The minimum atomic E-state index is -3.69. The molecule has 3 aromatic rings. The summed E-state index contributed by atoms with van der Waals surface area (Å²) in [5, 5.41) is 2.86. The molecule has 29 heavy (non-hydrogen) atoms. The lowest BCUT2D eigenvalue weighted by atomic mass is 10.1. The van der Waals surface area contributed by atoms with E-state index < -0.39 is 10.0 Å². The van der Waals surface area contributed by atoms with Gasteiger partial charge in [-0.3, -0.25) is 9.52 Å². The van der Waals surface area contributed by atoms with Gasteiger partial charge in [-0.25, -0.2) is 8.42 Å². The van der Waals surface area contributed by atoms with Gasteiger partial charge >= 0.3 is 0 Å². The van der Waals surface area contributed by atoms with Gasteiger partial charge in [-0.1, -0.05) is 48.5 Å². The molecule has 3 rings (SSSR count). The summed E-state index contributed by atoms with van der Waals surface area (Å²) in [5.74, 6) is 0.148. The zero-order valence-corrected chi connectivity index (χ0v) is 16.7. The van der Waals surface area contributed by atoms with E-state index in [1.165, 1.54) is 24.3 Å². The molecule has 0 aliphatic carbocycles. The zero-order valence-electron chi connectivity index (χ0n) is 15.9. The summed E-state index contributed by atoms with van der Waals surface area (Å²) in [4.78, 5) is 12.2. The number of nitrogens with one attached hydrogen (secondary N) is 2. The molecule has 0 bridgehead atoms. The van der Waals surface area contributed by atoms with Crippen LogP contribution in [0.15, 0.2) is 89.8 Å². The van der Waals surface area contributed by atoms with Crippen molar-refractivity contribution in [2.75, 3.05) is 11.3 Å². The second-order valence-electron chi connectivity index (χ2n) is 6.43. The summed E-state index contributed by atoms with van der Waals surface area (Å²) in [6.45, 7) is 1.73. The van der Waals surface area contributed by atoms with Crippen LogP contribution in [0.4, 0.5) is 5.69 Å². The lowest BCUT2D eigenvalue weighted by molar-refractivity contribution is -0.123. The summed E-state index contributed by atoms with van der Waals surface area (Å²) >= 11 is 0. The van der Waals surface area contributed by atoms with Crippen molar-refractivity contribution in [1.29, 1.82) is 0 Å². The van der Waals surface area contributed by atoms with E-state index in [1.54, 1.807) is 30.3 Å². The van der Waals surface area contributed by atoms with E-state index in [0.29, 0.717) is 11.4 Å². The number of rotatable bonds is 8. The molecule has 0 spiro atoms. The lowest BCUT2D eigenvalue weighted by Crippen LogP contribution is -2.31. The van der Waals surface area contributed by atoms with E-state index in [0.717, 1.165) is 5.56 Å². The molecule has 0 radical (unpaired) electrons. The number of para-hydroxylation sites is 1. The van der Waals surface area contributed by atoms with Gasteiger partial charge in [-0.15, -0.1) is 0 Å². The van der Waals surface area contributed by atoms with Gasteiger partial charge < -0.3 is 10.1 Å². The van der Waals surface area contributed by atoms with Crippen molar-refractivity contribution in [3.05, 3.63) is 90.5 Å². The van der Waals surface area contributed by atoms with Crippen LogP contribution in [0.25, 0.3) is 0 Å². The van der Waals surface area contributed by atoms with Crippen LogP contribution < -0.4 is 14.8 Å². The van der Waals surface area contributed by atoms with Crippen molar-refractivity contribution in [2.45, 2.75) is 17.9 Å². The Kier molecular flexibility index (Phi) is 6.51. The highest BCUT2D eigenvalue weighted by atomic mass is 32.2. The van der Waals surface area contributed by atoms with Crippen LogP contribution in [0.3, 0.4) is 0 Å². The second kappa shape index (κ2) is 9.25. The van der Waals surface area contributed by atoms with E-state index in [1.807, 2.05) is 37.3 Å². The SMILES string of the molecule is C[C@@H](NC(=O)COc1ccc(S(=O)(=O)Nc2ccccc2)cc1)c1ccccc1. The monoisotopic (exact) mass is 410 g/mol. The predicted molar refractivity (Wildman–Crippen MR) is 112 cm³/mol. The third kappa shape index (κ3) is 5.83. The Morgan fingerprint density at radius 2 is 1.48 bits per heavy atom. The molecule has 0 aromatic heterocycles. The van der Waals surface area contributed by atoms with Gasteiger partial charge in [0, 0.05) is 5.69 Å². The molecule has 6 nitrogen and oxygen atoms in total. The molecular formula is C22H22N2O4S. The number of amides is 1. The minimum absolute atomic E-state index is 0.107. The third-order valence-electron chi connectivity index (χ3n) is 4.21. The van der Waals surface area contributed by atoms with E-state index in [2.05, 4.69) is 10.0 Å². The molecule has 0 saturated carbocycles. The van der Waals surface area contributed by atoms with Crippen molar-refractivity contribution < 1.29 is 17.9 Å². The fourth-order valence-electron chi connectivity index (χ4n) is 2.69. The quantitative estimate of drug-likeness (QED) is 0.592. The van der Waals surface area contributed by atoms with E-state index >= 15 is 0 Å². The highest BCUT2D eigenvalue weighted by molar-refractivity contribution is 7.92. The molecular weight excluding hydrogens is 388 g/mol. The molecule has 150 valence electrons. The molecule has 0 aliphatic heterocycles. The number of hydrogen-bond acceptors (Lipinski definition) is 4. The van der Waals surface area contributed by atoms with Crippen LogP contribution in [0.5, 0.6) is 5.75 Å². The summed E-state index contributed by atoms with van der Waals surface area (Å²) in [7, 11) is -3.69. The average Bonchev–Trinajstić information content (AvgIpc) is 2.73. The molecule has 0 saturated heterocycles. The zero-order chi connectivity index (χ0) is 20.7. The molecule has 0 unspecified atom stereocenters. The van der Waals surface area contributed by atoms with Crippen LogP contribution in [0, 0.1) is 0 Å².